The summed E-state index contributed by atoms with van der Waals surface area (Å²) in [5.74, 6) is -0.886. The van der Waals surface area contributed by atoms with Crippen molar-refractivity contribution in [3.63, 3.8) is 0 Å². The van der Waals surface area contributed by atoms with Crippen LogP contribution >= 0.6 is 11.6 Å². The second-order valence-electron chi connectivity index (χ2n) is 17.6. The normalized spacial score (nSPS) is 18.2. The van der Waals surface area contributed by atoms with Gasteiger partial charge in [0.25, 0.3) is 15.9 Å². The first-order valence-corrected chi connectivity index (χ1v) is 23.1. The highest BCUT2D eigenvalue weighted by Gasteiger charge is 2.33. The molecule has 6 aromatic rings. The molecule has 0 spiro atoms. The number of piperazine rings is 1. The summed E-state index contributed by atoms with van der Waals surface area (Å²) in [4.78, 5) is 39.5. The lowest BCUT2D eigenvalue weighted by atomic mass is 9.72. The van der Waals surface area contributed by atoms with Crippen LogP contribution in [0.2, 0.25) is 5.02 Å². The van der Waals surface area contributed by atoms with E-state index in [0.29, 0.717) is 22.4 Å². The summed E-state index contributed by atoms with van der Waals surface area (Å²) < 4.78 is 52.0. The number of hydrogen-bond acceptors (Lipinski definition) is 11. The number of nitrogens with one attached hydrogen (secondary N) is 3. The summed E-state index contributed by atoms with van der Waals surface area (Å²) in [5.41, 5.74) is 5.94. The Bertz CT molecular complexity index is 2850. The van der Waals surface area contributed by atoms with Crippen LogP contribution in [0.5, 0.6) is 0 Å². The maximum Gasteiger partial charge on any atom is 0.267 e. The Morgan fingerprint density at radius 3 is 2.52 bits per heavy atom. The Hall–Kier alpha value is -5.68. The number of benzene rings is 3. The number of carbonyl (C=O) groups is 1. The number of nitrogens with zero attached hydrogens (tertiary/aromatic N) is 6. The Morgan fingerprint density at radius 2 is 1.76 bits per heavy atom. The zero-order chi connectivity index (χ0) is 43.9. The third-order valence-electron chi connectivity index (χ3n) is 12.6. The number of sulfonamides is 1. The molecule has 17 heteroatoms. The van der Waals surface area contributed by atoms with E-state index < -0.39 is 21.6 Å². The Balaban J connectivity index is 0.970. The van der Waals surface area contributed by atoms with Crippen LogP contribution in [0, 0.1) is 10.3 Å². The van der Waals surface area contributed by atoms with Gasteiger partial charge in [-0.25, -0.2) is 27.5 Å². The van der Waals surface area contributed by atoms with E-state index in [1.165, 1.54) is 28.8 Å². The van der Waals surface area contributed by atoms with E-state index in [1.54, 1.807) is 23.1 Å². The van der Waals surface area contributed by atoms with Crippen molar-refractivity contribution in [1.29, 1.82) is 0 Å². The number of pyridine rings is 1. The standard InChI is InChI=1S/C46H49ClFN9O5S/c1-45(2)13-11-32(37(26-45)30-3-5-33(47)6-4-30)28-55-17-19-56(20-18-55)34-7-9-36(41(24-34)57-42-23-31-12-16-49-43(31)52-40(42)27-51-57)44(58)54-63(60,61)35-8-10-38(39(25-35)53-59)50-29-46(48)14-21-62-22-15-46/h3-10,12,16,23-25,27,50-51H,11,13-15,17-22,26,28-29H2,1-2H3,(H,54,58). The zero-order valence-corrected chi connectivity index (χ0v) is 36.7. The summed E-state index contributed by atoms with van der Waals surface area (Å²) in [5, 5.41) is 10.7. The van der Waals surface area contributed by atoms with Gasteiger partial charge in [0.1, 0.15) is 16.9 Å². The molecule has 1 amide bonds. The predicted octanol–water partition coefficient (Wildman–Crippen LogP) is 8.79. The number of H-pyrrole nitrogens is 1. The first-order chi connectivity index (χ1) is 30.3. The van der Waals surface area contributed by atoms with Crippen molar-refractivity contribution in [1.82, 2.24) is 29.4 Å². The third kappa shape index (κ3) is 9.08. The van der Waals surface area contributed by atoms with Crippen molar-refractivity contribution in [2.75, 3.05) is 62.7 Å². The molecule has 2 fully saturated rings. The molecular formula is C46H49ClFN9O5S. The molecule has 0 bridgehead atoms. The first kappa shape index (κ1) is 42.6. The van der Waals surface area contributed by atoms with Crippen LogP contribution in [0.15, 0.2) is 101 Å². The van der Waals surface area contributed by atoms with E-state index in [9.17, 15) is 18.1 Å². The van der Waals surface area contributed by atoms with E-state index in [-0.39, 0.29) is 59.8 Å². The van der Waals surface area contributed by atoms with Gasteiger partial charge >= 0.3 is 0 Å². The second kappa shape index (κ2) is 17.1. The van der Waals surface area contributed by atoms with E-state index in [4.69, 9.17) is 16.3 Å². The molecule has 5 heterocycles. The average Bonchev–Trinajstić information content (AvgIpc) is 3.92. The minimum absolute atomic E-state index is 0.0778. The Morgan fingerprint density at radius 1 is 0.984 bits per heavy atom. The van der Waals surface area contributed by atoms with Crippen LogP contribution in [0.25, 0.3) is 33.3 Å². The van der Waals surface area contributed by atoms with Crippen LogP contribution in [-0.2, 0) is 14.8 Å². The van der Waals surface area contributed by atoms with Crippen LogP contribution in [0.1, 0.15) is 61.9 Å². The predicted molar refractivity (Wildman–Crippen MR) is 244 cm³/mol. The molecule has 63 heavy (non-hydrogen) atoms. The van der Waals surface area contributed by atoms with E-state index >= 15 is 4.39 Å². The molecule has 14 nitrogen and oxygen atoms in total. The van der Waals surface area contributed by atoms with Gasteiger partial charge in [0, 0.05) is 93.8 Å². The average molecular weight is 894 g/mol. The number of halogens is 2. The molecule has 0 unspecified atom stereocenters. The summed E-state index contributed by atoms with van der Waals surface area (Å²) in [6.45, 7) is 9.17. The van der Waals surface area contributed by atoms with Gasteiger partial charge in [0.15, 0.2) is 5.65 Å². The third-order valence-corrected chi connectivity index (χ3v) is 14.2. The zero-order valence-electron chi connectivity index (χ0n) is 35.2. The summed E-state index contributed by atoms with van der Waals surface area (Å²) in [6.07, 6.45) is 6.97. The van der Waals surface area contributed by atoms with Crippen molar-refractivity contribution in [3.05, 3.63) is 112 Å². The SMILES string of the molecule is CC1(C)CCC(CN2CCN(c3ccc(C(=O)NS(=O)(=O)c4ccc(NCC5(F)CCOCC5)c(N=O)c4)c(-n4[nH]cc5nc6nccc6cc54)c3)CC2)=C(c2ccc(Cl)cc2)C1. The number of ether oxygens (including phenoxy) is 1. The molecule has 0 saturated carbocycles. The molecule has 3 N–H and O–H groups in total. The molecule has 9 rings (SSSR count). The van der Waals surface area contributed by atoms with Crippen LogP contribution in [-0.4, -0.2) is 97.1 Å². The highest BCUT2D eigenvalue weighted by Crippen LogP contribution is 2.43. The van der Waals surface area contributed by atoms with Crippen LogP contribution in [0.3, 0.4) is 0 Å². The molecule has 0 radical (unpaired) electrons. The monoisotopic (exact) mass is 893 g/mol. The van der Waals surface area contributed by atoms with Gasteiger partial charge < -0.3 is 15.0 Å². The number of aromatic amines is 1. The Kier molecular flexibility index (Phi) is 11.6. The molecule has 3 aromatic carbocycles. The summed E-state index contributed by atoms with van der Waals surface area (Å²) in [7, 11) is -4.52. The van der Waals surface area contributed by atoms with Gasteiger partial charge in [0.2, 0.25) is 0 Å². The second-order valence-corrected chi connectivity index (χ2v) is 19.7. The van der Waals surface area contributed by atoms with Gasteiger partial charge in [-0.3, -0.25) is 19.5 Å². The van der Waals surface area contributed by atoms with Gasteiger partial charge in [-0.1, -0.05) is 43.2 Å². The van der Waals surface area contributed by atoms with Crippen molar-refractivity contribution in [2.45, 2.75) is 56.5 Å². The van der Waals surface area contributed by atoms with Gasteiger partial charge in [-0.15, -0.1) is 4.91 Å². The molecule has 0 atom stereocenters. The van der Waals surface area contributed by atoms with E-state index in [2.05, 4.69) is 66.1 Å². The largest absolute Gasteiger partial charge is 0.381 e. The highest BCUT2D eigenvalue weighted by atomic mass is 35.5. The van der Waals surface area contributed by atoms with Crippen LogP contribution in [0.4, 0.5) is 21.5 Å². The number of hydrogen-bond donors (Lipinski definition) is 3. The highest BCUT2D eigenvalue weighted by molar-refractivity contribution is 7.90. The molecule has 2 saturated heterocycles. The van der Waals surface area contributed by atoms with E-state index in [1.807, 2.05) is 36.4 Å². The smallest absolute Gasteiger partial charge is 0.267 e. The molecule has 3 aliphatic rings. The number of alkyl halides is 1. The van der Waals surface area contributed by atoms with Crippen molar-refractivity contribution >= 4 is 72.2 Å². The summed E-state index contributed by atoms with van der Waals surface area (Å²) >= 11 is 6.25. The van der Waals surface area contributed by atoms with Crippen molar-refractivity contribution in [2.24, 2.45) is 10.6 Å². The van der Waals surface area contributed by atoms with Crippen molar-refractivity contribution < 1.29 is 22.3 Å². The number of nitroso groups, excluding NO2 is 1. The minimum atomic E-state index is -4.52. The minimum Gasteiger partial charge on any atom is -0.381 e. The van der Waals surface area contributed by atoms with Gasteiger partial charge in [-0.2, -0.15) is 0 Å². The van der Waals surface area contributed by atoms with E-state index in [0.717, 1.165) is 74.1 Å². The number of amides is 1. The van der Waals surface area contributed by atoms with Gasteiger partial charge in [0.05, 0.1) is 27.4 Å². The molecule has 3 aromatic heterocycles. The lowest BCUT2D eigenvalue weighted by molar-refractivity contribution is -0.00115. The lowest BCUT2D eigenvalue weighted by Gasteiger charge is -2.39. The molecule has 2 aliphatic heterocycles. The van der Waals surface area contributed by atoms with Crippen molar-refractivity contribution in [3.8, 4) is 5.69 Å². The fourth-order valence-corrected chi connectivity index (χ4v) is 10.0. The number of aromatic nitrogens is 4. The maximum absolute atomic E-state index is 15.2. The molecular weight excluding hydrogens is 845 g/mol. The Labute approximate surface area is 369 Å². The topological polar surface area (TPSA) is 167 Å². The summed E-state index contributed by atoms with van der Waals surface area (Å²) in [6, 6.07) is 20.9. The quantitative estimate of drug-likeness (QED) is 0.101. The number of rotatable bonds is 12. The fraction of sp³-hybridized carbons (Fsp3) is 0.370. The lowest BCUT2D eigenvalue weighted by Crippen LogP contribution is -2.47. The maximum atomic E-state index is 15.2. The number of anilines is 2. The number of fused-ring (bicyclic) bond motifs is 2. The number of allylic oxidation sites excluding steroid dienone is 1. The van der Waals surface area contributed by atoms with Crippen LogP contribution < -0.4 is 14.9 Å². The molecule has 1 aliphatic carbocycles. The fourth-order valence-electron chi connectivity index (χ4n) is 8.91. The first-order valence-electron chi connectivity index (χ1n) is 21.2. The number of carbonyl (C=O) groups excluding carboxylic acids is 1. The molecule has 328 valence electrons. The van der Waals surface area contributed by atoms with Gasteiger partial charge in [-0.05, 0) is 102 Å².